The highest BCUT2D eigenvalue weighted by molar-refractivity contribution is 5.82. The van der Waals surface area contributed by atoms with Crippen molar-refractivity contribution in [1.82, 2.24) is 10.2 Å². The predicted molar refractivity (Wildman–Crippen MR) is 82.3 cm³/mol. The van der Waals surface area contributed by atoms with Gasteiger partial charge in [0.05, 0.1) is 12.5 Å². The van der Waals surface area contributed by atoms with Gasteiger partial charge in [0.15, 0.2) is 0 Å². The normalized spacial score (nSPS) is 24.9. The van der Waals surface area contributed by atoms with Crippen LogP contribution in [0.1, 0.15) is 24.0 Å². The molecule has 2 saturated heterocycles. The van der Waals surface area contributed by atoms with Crippen LogP contribution in [0, 0.1) is 17.8 Å². The molecule has 0 saturated carbocycles. The van der Waals surface area contributed by atoms with Crippen LogP contribution in [0.3, 0.4) is 0 Å². The molecule has 0 aliphatic carbocycles. The van der Waals surface area contributed by atoms with Crippen LogP contribution < -0.4 is 11.1 Å². The number of likely N-dealkylation sites (tertiary alicyclic amines) is 1. The summed E-state index contributed by atoms with van der Waals surface area (Å²) in [6, 6.07) is 8.68. The van der Waals surface area contributed by atoms with E-state index < -0.39 is 0 Å². The molecule has 21 heavy (non-hydrogen) atoms. The Hall–Kier alpha value is -1.83. The number of hydrogen-bond donors (Lipinski definition) is 2. The molecule has 0 radical (unpaired) electrons. The topological polar surface area (TPSA) is 58.4 Å². The number of amides is 1. The van der Waals surface area contributed by atoms with E-state index >= 15 is 0 Å². The van der Waals surface area contributed by atoms with E-state index in [-0.39, 0.29) is 11.8 Å². The quantitative estimate of drug-likeness (QED) is 0.786. The van der Waals surface area contributed by atoms with Gasteiger partial charge in [0.2, 0.25) is 5.91 Å². The molecule has 0 bridgehead atoms. The highest BCUT2D eigenvalue weighted by Gasteiger charge is 2.40. The largest absolute Gasteiger partial charge is 0.354 e. The number of benzene rings is 1. The van der Waals surface area contributed by atoms with Crippen LogP contribution in [0.5, 0.6) is 0 Å². The molecule has 2 atom stereocenters. The summed E-state index contributed by atoms with van der Waals surface area (Å²) in [7, 11) is 0. The Kier molecular flexibility index (Phi) is 4.23. The highest BCUT2D eigenvalue weighted by atomic mass is 16.2. The van der Waals surface area contributed by atoms with E-state index in [1.165, 1.54) is 5.56 Å². The van der Waals surface area contributed by atoms with Gasteiger partial charge in [0.1, 0.15) is 0 Å². The number of fused-ring (bicyclic) bond motifs is 1. The Morgan fingerprint density at radius 2 is 2.14 bits per heavy atom. The summed E-state index contributed by atoms with van der Waals surface area (Å²) in [6.07, 6.45) is 2.13. The predicted octanol–water partition coefficient (Wildman–Crippen LogP) is 0.707. The third-order valence-electron chi connectivity index (χ3n) is 4.39. The summed E-state index contributed by atoms with van der Waals surface area (Å²) in [5.74, 6) is 6.32. The van der Waals surface area contributed by atoms with Crippen molar-refractivity contribution in [3.8, 4) is 11.8 Å². The van der Waals surface area contributed by atoms with E-state index in [2.05, 4.69) is 34.2 Å². The monoisotopic (exact) mass is 283 g/mol. The minimum atomic E-state index is 0.188. The van der Waals surface area contributed by atoms with Crippen LogP contribution in [-0.4, -0.2) is 36.5 Å². The summed E-state index contributed by atoms with van der Waals surface area (Å²) in [6.45, 7) is 3.16. The molecule has 3 rings (SSSR count). The molecule has 1 amide bonds. The van der Waals surface area contributed by atoms with Crippen molar-refractivity contribution in [3.05, 3.63) is 35.4 Å². The molecule has 2 aliphatic heterocycles. The van der Waals surface area contributed by atoms with Crippen LogP contribution in [-0.2, 0) is 11.3 Å². The first-order chi connectivity index (χ1) is 10.3. The van der Waals surface area contributed by atoms with Crippen LogP contribution in [0.4, 0.5) is 0 Å². The van der Waals surface area contributed by atoms with Crippen molar-refractivity contribution in [1.29, 1.82) is 0 Å². The van der Waals surface area contributed by atoms with Gasteiger partial charge in [-0.3, -0.25) is 9.69 Å². The van der Waals surface area contributed by atoms with Gasteiger partial charge in [-0.15, -0.1) is 0 Å². The summed E-state index contributed by atoms with van der Waals surface area (Å²) in [5, 5.41) is 3.00. The fourth-order valence-corrected chi connectivity index (χ4v) is 3.32. The maximum Gasteiger partial charge on any atom is 0.224 e. The van der Waals surface area contributed by atoms with Gasteiger partial charge < -0.3 is 11.1 Å². The summed E-state index contributed by atoms with van der Waals surface area (Å²) in [4.78, 5) is 14.2. The molecule has 2 unspecified atom stereocenters. The number of nitrogens with two attached hydrogens (primary N) is 1. The van der Waals surface area contributed by atoms with Gasteiger partial charge >= 0.3 is 0 Å². The van der Waals surface area contributed by atoms with Gasteiger partial charge in [-0.25, -0.2) is 0 Å². The Balaban J connectivity index is 1.67. The first-order valence-corrected chi connectivity index (χ1v) is 7.57. The molecule has 4 nitrogen and oxygen atoms in total. The number of carbonyl (C=O) groups is 1. The number of hydrogen-bond acceptors (Lipinski definition) is 3. The Morgan fingerprint density at radius 3 is 2.90 bits per heavy atom. The number of carbonyl (C=O) groups excluding carboxylic acids is 1. The van der Waals surface area contributed by atoms with Crippen LogP contribution in [0.15, 0.2) is 24.3 Å². The van der Waals surface area contributed by atoms with Crippen LogP contribution in [0.25, 0.3) is 0 Å². The number of nitrogens with one attached hydrogen (secondary N) is 1. The fraction of sp³-hybridized carbons (Fsp3) is 0.471. The molecule has 0 spiro atoms. The third-order valence-corrected chi connectivity index (χ3v) is 4.39. The fourth-order valence-electron chi connectivity index (χ4n) is 3.32. The summed E-state index contributed by atoms with van der Waals surface area (Å²) >= 11 is 0. The minimum Gasteiger partial charge on any atom is -0.354 e. The Labute approximate surface area is 125 Å². The smallest absolute Gasteiger partial charge is 0.224 e. The van der Waals surface area contributed by atoms with Crippen molar-refractivity contribution in [2.24, 2.45) is 11.7 Å². The average Bonchev–Trinajstić information content (AvgIpc) is 2.89. The number of nitrogens with zero attached hydrogens (tertiary/aromatic N) is 1. The molecule has 2 heterocycles. The molecule has 1 aromatic rings. The second-order valence-electron chi connectivity index (χ2n) is 5.73. The Bertz CT molecular complexity index is 570. The second-order valence-corrected chi connectivity index (χ2v) is 5.73. The standard InChI is InChI=1S/C17H21N3O/c18-9-1-3-13-5-7-14(8-6-13)12-20-10-2-4-15-16(20)11-19-17(15)21/h5-8,15-16H,2,4,9-12,18H2,(H,19,21). The summed E-state index contributed by atoms with van der Waals surface area (Å²) in [5.41, 5.74) is 7.65. The molecule has 4 heteroatoms. The zero-order chi connectivity index (χ0) is 14.7. The molecule has 1 aromatic carbocycles. The van der Waals surface area contributed by atoms with Crippen LogP contribution >= 0.6 is 0 Å². The van der Waals surface area contributed by atoms with E-state index in [9.17, 15) is 4.79 Å². The lowest BCUT2D eigenvalue weighted by Crippen LogP contribution is -2.44. The second kappa shape index (κ2) is 6.30. The minimum absolute atomic E-state index is 0.188. The van der Waals surface area contributed by atoms with E-state index in [1.807, 2.05) is 12.1 Å². The van der Waals surface area contributed by atoms with Crippen molar-refractivity contribution in [2.45, 2.75) is 25.4 Å². The first kappa shape index (κ1) is 14.1. The lowest BCUT2D eigenvalue weighted by atomic mass is 9.91. The molecule has 0 aromatic heterocycles. The van der Waals surface area contributed by atoms with Gasteiger partial charge in [0, 0.05) is 24.7 Å². The van der Waals surface area contributed by atoms with Crippen molar-refractivity contribution in [3.63, 3.8) is 0 Å². The Morgan fingerprint density at radius 1 is 1.33 bits per heavy atom. The zero-order valence-corrected chi connectivity index (χ0v) is 12.1. The number of piperidine rings is 1. The molecule has 2 aliphatic rings. The maximum atomic E-state index is 11.8. The van der Waals surface area contributed by atoms with Crippen LogP contribution in [0.2, 0.25) is 0 Å². The van der Waals surface area contributed by atoms with Crippen molar-refractivity contribution < 1.29 is 4.79 Å². The van der Waals surface area contributed by atoms with E-state index in [0.29, 0.717) is 12.6 Å². The lowest BCUT2D eigenvalue weighted by molar-refractivity contribution is -0.124. The van der Waals surface area contributed by atoms with Gasteiger partial charge in [0.25, 0.3) is 0 Å². The third kappa shape index (κ3) is 3.10. The zero-order valence-electron chi connectivity index (χ0n) is 12.1. The lowest BCUT2D eigenvalue weighted by Gasteiger charge is -2.35. The molecule has 3 N–H and O–H groups in total. The first-order valence-electron chi connectivity index (χ1n) is 7.57. The molecule has 2 fully saturated rings. The molecular weight excluding hydrogens is 262 g/mol. The highest BCUT2D eigenvalue weighted by Crippen LogP contribution is 2.28. The van der Waals surface area contributed by atoms with Crippen molar-refractivity contribution >= 4 is 5.91 Å². The van der Waals surface area contributed by atoms with E-state index in [0.717, 1.165) is 38.0 Å². The van der Waals surface area contributed by atoms with E-state index in [1.54, 1.807) is 0 Å². The molecular formula is C17H21N3O. The van der Waals surface area contributed by atoms with Gasteiger partial charge in [-0.2, -0.15) is 0 Å². The van der Waals surface area contributed by atoms with E-state index in [4.69, 9.17) is 5.73 Å². The van der Waals surface area contributed by atoms with Gasteiger partial charge in [-0.05, 0) is 37.1 Å². The van der Waals surface area contributed by atoms with Crippen molar-refractivity contribution in [2.75, 3.05) is 19.6 Å². The van der Waals surface area contributed by atoms with Gasteiger partial charge in [-0.1, -0.05) is 24.0 Å². The summed E-state index contributed by atoms with van der Waals surface area (Å²) < 4.78 is 0. The maximum absolute atomic E-state index is 11.8. The molecule has 110 valence electrons. The number of rotatable bonds is 2. The average molecular weight is 283 g/mol. The SMILES string of the molecule is NCC#Cc1ccc(CN2CCCC3C(=O)NCC32)cc1.